The number of fused-ring (bicyclic) bond motifs is 2. The molecule has 1 atom stereocenters. The van der Waals surface area contributed by atoms with Crippen molar-refractivity contribution in [2.45, 2.75) is 26.0 Å². The SMILES string of the molecule is Cc1cc(C(=O)Nc2nc3c(s2)CN(C(=O)C2COc4ccccc4O2)CC3)no1. The van der Waals surface area contributed by atoms with E-state index in [4.69, 9.17) is 14.0 Å². The van der Waals surface area contributed by atoms with Crippen molar-refractivity contribution in [3.63, 3.8) is 0 Å². The summed E-state index contributed by atoms with van der Waals surface area (Å²) in [6.45, 7) is 2.86. The van der Waals surface area contributed by atoms with Gasteiger partial charge in [0.15, 0.2) is 22.3 Å². The molecule has 30 heavy (non-hydrogen) atoms. The summed E-state index contributed by atoms with van der Waals surface area (Å²) in [6, 6.07) is 8.87. The lowest BCUT2D eigenvalue weighted by Crippen LogP contribution is -2.47. The van der Waals surface area contributed by atoms with Gasteiger partial charge in [0.05, 0.1) is 12.2 Å². The number of anilines is 1. The summed E-state index contributed by atoms with van der Waals surface area (Å²) >= 11 is 1.35. The van der Waals surface area contributed by atoms with Crippen LogP contribution in [0.5, 0.6) is 11.5 Å². The van der Waals surface area contributed by atoms with Gasteiger partial charge in [0.1, 0.15) is 12.4 Å². The van der Waals surface area contributed by atoms with Gasteiger partial charge in [-0.25, -0.2) is 4.98 Å². The molecule has 2 aromatic heterocycles. The summed E-state index contributed by atoms with van der Waals surface area (Å²) in [6.07, 6.45) is -0.0651. The van der Waals surface area contributed by atoms with E-state index >= 15 is 0 Å². The van der Waals surface area contributed by atoms with Crippen molar-refractivity contribution in [3.8, 4) is 11.5 Å². The first kappa shape index (κ1) is 18.6. The lowest BCUT2D eigenvalue weighted by atomic mass is 10.1. The van der Waals surface area contributed by atoms with Crippen LogP contribution in [0.25, 0.3) is 0 Å². The summed E-state index contributed by atoms with van der Waals surface area (Å²) in [5, 5.41) is 6.93. The number of amides is 2. The van der Waals surface area contributed by atoms with Crippen molar-refractivity contribution in [3.05, 3.63) is 52.4 Å². The number of hydrogen-bond acceptors (Lipinski definition) is 8. The van der Waals surface area contributed by atoms with Gasteiger partial charge >= 0.3 is 0 Å². The van der Waals surface area contributed by atoms with Crippen molar-refractivity contribution in [2.24, 2.45) is 0 Å². The number of thiazole rings is 1. The first-order chi connectivity index (χ1) is 14.6. The van der Waals surface area contributed by atoms with Crippen LogP contribution in [0.2, 0.25) is 0 Å². The fourth-order valence-corrected chi connectivity index (χ4v) is 4.44. The molecule has 3 aromatic rings. The van der Waals surface area contributed by atoms with Crippen LogP contribution in [0, 0.1) is 6.92 Å². The molecule has 10 heteroatoms. The molecule has 1 unspecified atom stereocenters. The average Bonchev–Trinajstić information content (AvgIpc) is 3.37. The number of carbonyl (C=O) groups is 2. The number of nitrogens with zero attached hydrogens (tertiary/aromatic N) is 3. The van der Waals surface area contributed by atoms with Crippen molar-refractivity contribution >= 4 is 28.3 Å². The van der Waals surface area contributed by atoms with Gasteiger partial charge in [-0.3, -0.25) is 14.9 Å². The van der Waals surface area contributed by atoms with Crippen LogP contribution in [0.1, 0.15) is 26.8 Å². The van der Waals surface area contributed by atoms with Gasteiger partial charge in [0.2, 0.25) is 6.10 Å². The van der Waals surface area contributed by atoms with E-state index in [1.807, 2.05) is 18.2 Å². The minimum Gasteiger partial charge on any atom is -0.485 e. The lowest BCUT2D eigenvalue weighted by molar-refractivity contribution is -0.142. The Morgan fingerprint density at radius 1 is 1.27 bits per heavy atom. The monoisotopic (exact) mass is 426 g/mol. The minimum absolute atomic E-state index is 0.118. The van der Waals surface area contributed by atoms with Crippen molar-refractivity contribution in [1.82, 2.24) is 15.0 Å². The van der Waals surface area contributed by atoms with Gasteiger partial charge in [-0.15, -0.1) is 0 Å². The number of nitrogens with one attached hydrogen (secondary N) is 1. The van der Waals surface area contributed by atoms with Gasteiger partial charge < -0.3 is 18.9 Å². The van der Waals surface area contributed by atoms with Gasteiger partial charge in [0.25, 0.3) is 11.8 Å². The molecule has 5 rings (SSSR count). The van der Waals surface area contributed by atoms with Crippen LogP contribution in [0.3, 0.4) is 0 Å². The van der Waals surface area contributed by atoms with Crippen LogP contribution in [-0.2, 0) is 17.8 Å². The molecule has 4 heterocycles. The van der Waals surface area contributed by atoms with E-state index in [-0.39, 0.29) is 24.1 Å². The molecule has 9 nitrogen and oxygen atoms in total. The molecule has 2 aliphatic rings. The number of rotatable bonds is 3. The zero-order chi connectivity index (χ0) is 20.7. The van der Waals surface area contributed by atoms with Gasteiger partial charge in [-0.05, 0) is 19.1 Å². The number of ether oxygens (including phenoxy) is 2. The Morgan fingerprint density at radius 2 is 2.10 bits per heavy atom. The molecule has 0 saturated heterocycles. The highest BCUT2D eigenvalue weighted by molar-refractivity contribution is 7.15. The number of hydrogen-bond donors (Lipinski definition) is 1. The molecule has 154 valence electrons. The zero-order valence-electron chi connectivity index (χ0n) is 16.1. The topological polar surface area (TPSA) is 107 Å². The summed E-state index contributed by atoms with van der Waals surface area (Å²) in [7, 11) is 0. The van der Waals surface area contributed by atoms with Crippen LogP contribution in [-0.4, -0.2) is 46.1 Å². The van der Waals surface area contributed by atoms with E-state index in [0.717, 1.165) is 10.6 Å². The fraction of sp³-hybridized carbons (Fsp3) is 0.300. The Labute approximate surface area is 175 Å². The number of carbonyl (C=O) groups excluding carboxylic acids is 2. The second-order valence-corrected chi connectivity index (χ2v) is 8.12. The molecule has 2 aliphatic heterocycles. The van der Waals surface area contributed by atoms with Crippen LogP contribution >= 0.6 is 11.3 Å². The Bertz CT molecular complexity index is 1120. The molecule has 1 aromatic carbocycles. The maximum absolute atomic E-state index is 13.0. The maximum atomic E-state index is 13.0. The summed E-state index contributed by atoms with van der Waals surface area (Å²) in [4.78, 5) is 32.4. The molecule has 2 amide bonds. The number of benzene rings is 1. The predicted molar refractivity (Wildman–Crippen MR) is 107 cm³/mol. The quantitative estimate of drug-likeness (QED) is 0.685. The molecular weight excluding hydrogens is 408 g/mol. The minimum atomic E-state index is -0.677. The Morgan fingerprint density at radius 3 is 2.90 bits per heavy atom. The normalized spacial score (nSPS) is 17.4. The number of aryl methyl sites for hydroxylation is 1. The van der Waals surface area contributed by atoms with E-state index < -0.39 is 6.10 Å². The number of para-hydroxylation sites is 2. The molecule has 0 radical (unpaired) electrons. The highest BCUT2D eigenvalue weighted by atomic mass is 32.1. The maximum Gasteiger partial charge on any atom is 0.279 e. The smallest absolute Gasteiger partial charge is 0.279 e. The van der Waals surface area contributed by atoms with E-state index in [1.165, 1.54) is 11.3 Å². The van der Waals surface area contributed by atoms with E-state index in [2.05, 4.69) is 15.5 Å². The molecule has 0 saturated carbocycles. The Balaban J connectivity index is 1.25. The second-order valence-electron chi connectivity index (χ2n) is 7.04. The first-order valence-electron chi connectivity index (χ1n) is 9.47. The lowest BCUT2D eigenvalue weighted by Gasteiger charge is -2.32. The number of aromatic nitrogens is 2. The highest BCUT2D eigenvalue weighted by Gasteiger charge is 2.33. The van der Waals surface area contributed by atoms with E-state index in [0.29, 0.717) is 41.9 Å². The van der Waals surface area contributed by atoms with E-state index in [1.54, 1.807) is 24.0 Å². The Kier molecular flexibility index (Phi) is 4.62. The van der Waals surface area contributed by atoms with E-state index in [9.17, 15) is 9.59 Å². The molecular formula is C20H18N4O5S. The Hall–Kier alpha value is -3.40. The van der Waals surface area contributed by atoms with Crippen molar-refractivity contribution in [1.29, 1.82) is 0 Å². The average molecular weight is 426 g/mol. The van der Waals surface area contributed by atoms with Crippen LogP contribution in [0.15, 0.2) is 34.9 Å². The first-order valence-corrected chi connectivity index (χ1v) is 10.3. The third-order valence-corrected chi connectivity index (χ3v) is 5.91. The molecule has 1 N–H and O–H groups in total. The molecule has 0 fully saturated rings. The summed E-state index contributed by atoms with van der Waals surface area (Å²) in [5.41, 5.74) is 1.09. The molecule has 0 aliphatic carbocycles. The molecule has 0 bridgehead atoms. The highest BCUT2D eigenvalue weighted by Crippen LogP contribution is 2.33. The largest absolute Gasteiger partial charge is 0.485 e. The van der Waals surface area contributed by atoms with Crippen molar-refractivity contribution in [2.75, 3.05) is 18.5 Å². The van der Waals surface area contributed by atoms with Crippen LogP contribution in [0.4, 0.5) is 5.13 Å². The summed E-state index contributed by atoms with van der Waals surface area (Å²) < 4.78 is 16.4. The predicted octanol–water partition coefficient (Wildman–Crippen LogP) is 2.42. The second kappa shape index (κ2) is 7.45. The van der Waals surface area contributed by atoms with Crippen LogP contribution < -0.4 is 14.8 Å². The standard InChI is InChI=1S/C20H18N4O5S/c1-11-8-13(23-29-11)18(25)22-20-21-12-6-7-24(9-17(12)30-20)19(26)16-10-27-14-4-2-3-5-15(14)28-16/h2-5,8,16H,6-7,9-10H2,1H3,(H,21,22,25). The third-order valence-electron chi connectivity index (χ3n) is 4.91. The van der Waals surface area contributed by atoms with Gasteiger partial charge in [0, 0.05) is 23.9 Å². The summed E-state index contributed by atoms with van der Waals surface area (Å²) in [5.74, 6) is 1.28. The van der Waals surface area contributed by atoms with Crippen molar-refractivity contribution < 1.29 is 23.6 Å². The van der Waals surface area contributed by atoms with Gasteiger partial charge in [-0.1, -0.05) is 28.6 Å². The molecule has 0 spiro atoms. The van der Waals surface area contributed by atoms with Gasteiger partial charge in [-0.2, -0.15) is 0 Å². The zero-order valence-corrected chi connectivity index (χ0v) is 16.9. The third kappa shape index (κ3) is 3.50. The fourth-order valence-electron chi connectivity index (χ4n) is 3.42.